The van der Waals surface area contributed by atoms with E-state index < -0.39 is 0 Å². The number of nitrogens with two attached hydrogens (primary N) is 1. The highest BCUT2D eigenvalue weighted by atomic mass is 79.9. The number of anilines is 1. The zero-order valence-electron chi connectivity index (χ0n) is 13.8. The molecule has 0 unspecified atom stereocenters. The standard InChI is InChI=1S/C17H20BrN3O3.ClH/c1-21(17(23)14-8-9-15(18)24-14)13-7-3-2-6-12(13)16(22)20-11-5-4-10-19;/h2-3,6-9H,4-5,10-11,19H2,1H3,(H,20,22);1H. The van der Waals surface area contributed by atoms with Crippen LogP contribution in [0.5, 0.6) is 0 Å². The second kappa shape index (κ2) is 10.2. The lowest BCUT2D eigenvalue weighted by atomic mass is 10.1. The minimum atomic E-state index is -0.330. The summed E-state index contributed by atoms with van der Waals surface area (Å²) in [5, 5.41) is 2.85. The maximum absolute atomic E-state index is 12.5. The molecule has 1 aromatic carbocycles. The molecule has 8 heteroatoms. The molecule has 0 aliphatic heterocycles. The summed E-state index contributed by atoms with van der Waals surface area (Å²) in [4.78, 5) is 26.3. The van der Waals surface area contributed by atoms with Crippen LogP contribution in [-0.2, 0) is 0 Å². The molecule has 0 saturated carbocycles. The topological polar surface area (TPSA) is 88.6 Å². The van der Waals surface area contributed by atoms with E-state index in [1.807, 2.05) is 0 Å². The van der Waals surface area contributed by atoms with Crippen LogP contribution in [0.1, 0.15) is 33.8 Å². The normalized spacial score (nSPS) is 10.0. The Balaban J connectivity index is 0.00000312. The molecule has 0 fully saturated rings. The zero-order chi connectivity index (χ0) is 17.5. The number of nitrogens with one attached hydrogen (secondary N) is 1. The molecule has 2 rings (SSSR count). The fourth-order valence-corrected chi connectivity index (χ4v) is 2.54. The third-order valence-electron chi connectivity index (χ3n) is 3.52. The summed E-state index contributed by atoms with van der Waals surface area (Å²) >= 11 is 3.17. The van der Waals surface area contributed by atoms with Gasteiger partial charge in [-0.2, -0.15) is 0 Å². The van der Waals surface area contributed by atoms with Crippen molar-refractivity contribution in [2.45, 2.75) is 12.8 Å². The van der Waals surface area contributed by atoms with E-state index in [2.05, 4.69) is 21.2 Å². The van der Waals surface area contributed by atoms with Crippen LogP contribution in [0.2, 0.25) is 0 Å². The van der Waals surface area contributed by atoms with Gasteiger partial charge in [0.1, 0.15) is 0 Å². The number of nitrogens with zero attached hydrogens (tertiary/aromatic N) is 1. The molecule has 0 aliphatic carbocycles. The zero-order valence-corrected chi connectivity index (χ0v) is 16.2. The number of hydrogen-bond acceptors (Lipinski definition) is 4. The van der Waals surface area contributed by atoms with Gasteiger partial charge >= 0.3 is 0 Å². The monoisotopic (exact) mass is 429 g/mol. The van der Waals surface area contributed by atoms with Crippen molar-refractivity contribution in [1.82, 2.24) is 5.32 Å². The predicted octanol–water partition coefficient (Wildman–Crippen LogP) is 3.21. The summed E-state index contributed by atoms with van der Waals surface area (Å²) in [7, 11) is 1.61. The van der Waals surface area contributed by atoms with Crippen molar-refractivity contribution in [3.05, 3.63) is 52.4 Å². The largest absolute Gasteiger partial charge is 0.444 e. The van der Waals surface area contributed by atoms with E-state index in [-0.39, 0.29) is 30.0 Å². The van der Waals surface area contributed by atoms with Gasteiger partial charge in [0, 0.05) is 13.6 Å². The summed E-state index contributed by atoms with van der Waals surface area (Å²) in [6.07, 6.45) is 1.67. The van der Waals surface area contributed by atoms with Crippen molar-refractivity contribution in [1.29, 1.82) is 0 Å². The smallest absolute Gasteiger partial charge is 0.293 e. The molecule has 2 amide bonds. The first-order valence-corrected chi connectivity index (χ1v) is 8.44. The Morgan fingerprint density at radius 3 is 2.56 bits per heavy atom. The van der Waals surface area contributed by atoms with Gasteiger partial charge in [-0.3, -0.25) is 9.59 Å². The Kier molecular flexibility index (Phi) is 8.68. The Bertz CT molecular complexity index is 721. The average molecular weight is 431 g/mol. The van der Waals surface area contributed by atoms with E-state index in [0.717, 1.165) is 12.8 Å². The number of furan rings is 1. The van der Waals surface area contributed by atoms with Crippen molar-refractivity contribution >= 4 is 45.8 Å². The first-order chi connectivity index (χ1) is 11.5. The Morgan fingerprint density at radius 2 is 1.92 bits per heavy atom. The Hall–Kier alpha value is -1.83. The van der Waals surface area contributed by atoms with Crippen LogP contribution in [0.4, 0.5) is 5.69 Å². The lowest BCUT2D eigenvalue weighted by Gasteiger charge is -2.19. The number of para-hydroxylation sites is 1. The molecule has 6 nitrogen and oxygen atoms in total. The summed E-state index contributed by atoms with van der Waals surface area (Å²) in [5.41, 5.74) is 6.40. The molecule has 0 bridgehead atoms. The molecule has 1 aromatic heterocycles. The van der Waals surface area contributed by atoms with Gasteiger partial charge in [-0.05, 0) is 59.6 Å². The Morgan fingerprint density at radius 1 is 1.20 bits per heavy atom. The van der Waals surface area contributed by atoms with Crippen molar-refractivity contribution < 1.29 is 14.0 Å². The molecule has 0 radical (unpaired) electrons. The number of rotatable bonds is 7. The highest BCUT2D eigenvalue weighted by molar-refractivity contribution is 9.10. The second-order valence-electron chi connectivity index (χ2n) is 5.24. The van der Waals surface area contributed by atoms with Crippen LogP contribution in [-0.4, -0.2) is 32.0 Å². The number of unbranched alkanes of at least 4 members (excludes halogenated alkanes) is 1. The predicted molar refractivity (Wildman–Crippen MR) is 103 cm³/mol. The highest BCUT2D eigenvalue weighted by Gasteiger charge is 2.21. The van der Waals surface area contributed by atoms with Crippen LogP contribution >= 0.6 is 28.3 Å². The number of carbonyl (C=O) groups excluding carboxylic acids is 2. The quantitative estimate of drug-likeness (QED) is 0.660. The van der Waals surface area contributed by atoms with Crippen molar-refractivity contribution in [2.75, 3.05) is 25.0 Å². The number of amides is 2. The molecule has 25 heavy (non-hydrogen) atoms. The molecule has 0 atom stereocenters. The van der Waals surface area contributed by atoms with E-state index in [9.17, 15) is 9.59 Å². The molecule has 0 saturated heterocycles. The second-order valence-corrected chi connectivity index (χ2v) is 6.02. The first kappa shape index (κ1) is 21.2. The molecular formula is C17H21BrClN3O3. The van der Waals surface area contributed by atoms with E-state index in [0.29, 0.717) is 29.0 Å². The molecule has 0 aliphatic rings. The fraction of sp³-hybridized carbons (Fsp3) is 0.294. The lowest BCUT2D eigenvalue weighted by Crippen LogP contribution is -2.31. The summed E-state index contributed by atoms with van der Waals surface area (Å²) in [5.74, 6) is -0.352. The van der Waals surface area contributed by atoms with Gasteiger partial charge in [0.15, 0.2) is 10.4 Å². The van der Waals surface area contributed by atoms with Crippen molar-refractivity contribution in [2.24, 2.45) is 5.73 Å². The number of carbonyl (C=O) groups is 2. The number of benzene rings is 1. The van der Waals surface area contributed by atoms with Crippen LogP contribution < -0.4 is 16.0 Å². The SMILES string of the molecule is CN(C(=O)c1ccc(Br)o1)c1ccccc1C(=O)NCCCCN.Cl. The van der Waals surface area contributed by atoms with E-state index in [1.54, 1.807) is 43.4 Å². The van der Waals surface area contributed by atoms with Crippen molar-refractivity contribution in [3.8, 4) is 0 Å². The molecule has 136 valence electrons. The molecular weight excluding hydrogens is 410 g/mol. The van der Waals surface area contributed by atoms with Gasteiger partial charge < -0.3 is 20.4 Å². The maximum atomic E-state index is 12.5. The van der Waals surface area contributed by atoms with Gasteiger partial charge in [0.2, 0.25) is 0 Å². The van der Waals surface area contributed by atoms with E-state index >= 15 is 0 Å². The molecule has 2 aromatic rings. The first-order valence-electron chi connectivity index (χ1n) is 7.65. The van der Waals surface area contributed by atoms with E-state index in [1.165, 1.54) is 4.90 Å². The summed E-state index contributed by atoms with van der Waals surface area (Å²) < 4.78 is 5.77. The molecule has 3 N–H and O–H groups in total. The maximum Gasteiger partial charge on any atom is 0.293 e. The molecule has 1 heterocycles. The van der Waals surface area contributed by atoms with Gasteiger partial charge in [-0.1, -0.05) is 12.1 Å². The number of halogens is 2. The van der Waals surface area contributed by atoms with Gasteiger partial charge in [-0.15, -0.1) is 12.4 Å². The minimum Gasteiger partial charge on any atom is -0.444 e. The van der Waals surface area contributed by atoms with Crippen LogP contribution in [0.15, 0.2) is 45.5 Å². The molecule has 0 spiro atoms. The number of hydrogen-bond donors (Lipinski definition) is 2. The van der Waals surface area contributed by atoms with E-state index in [4.69, 9.17) is 10.2 Å². The van der Waals surface area contributed by atoms with Crippen LogP contribution in [0, 0.1) is 0 Å². The Labute approximate surface area is 161 Å². The van der Waals surface area contributed by atoms with Crippen LogP contribution in [0.25, 0.3) is 0 Å². The summed E-state index contributed by atoms with van der Waals surface area (Å²) in [6.45, 7) is 1.15. The third kappa shape index (κ3) is 5.59. The van der Waals surface area contributed by atoms with Gasteiger partial charge in [0.25, 0.3) is 11.8 Å². The third-order valence-corrected chi connectivity index (χ3v) is 3.94. The average Bonchev–Trinajstić information content (AvgIpc) is 3.03. The van der Waals surface area contributed by atoms with Gasteiger partial charge in [0.05, 0.1) is 11.3 Å². The van der Waals surface area contributed by atoms with Gasteiger partial charge in [-0.25, -0.2) is 0 Å². The minimum absolute atomic E-state index is 0. The highest BCUT2D eigenvalue weighted by Crippen LogP contribution is 2.23. The van der Waals surface area contributed by atoms with Crippen LogP contribution in [0.3, 0.4) is 0 Å². The van der Waals surface area contributed by atoms with Crippen molar-refractivity contribution in [3.63, 3.8) is 0 Å². The lowest BCUT2D eigenvalue weighted by molar-refractivity contribution is 0.0953. The summed E-state index contributed by atoms with van der Waals surface area (Å²) in [6, 6.07) is 10.2. The fourth-order valence-electron chi connectivity index (χ4n) is 2.23.